The number of carbonyl (C=O) groups excluding carboxylic acids is 1. The molecule has 1 amide bonds. The maximum absolute atomic E-state index is 12.2. The first-order valence-electron chi connectivity index (χ1n) is 8.30. The Morgan fingerprint density at radius 1 is 1.07 bits per heavy atom. The Morgan fingerprint density at radius 2 is 1.75 bits per heavy atom. The number of carboxylic acids is 1. The number of benzene rings is 2. The Hall–Kier alpha value is -3.24. The van der Waals surface area contributed by atoms with Gasteiger partial charge in [0.2, 0.25) is 15.9 Å². The van der Waals surface area contributed by atoms with Crippen LogP contribution in [0.15, 0.2) is 53.4 Å². The Balaban J connectivity index is 1.82. The molecule has 148 valence electrons. The van der Waals surface area contributed by atoms with Crippen LogP contribution in [0.2, 0.25) is 0 Å². The summed E-state index contributed by atoms with van der Waals surface area (Å²) in [5, 5.41) is 17.0. The summed E-state index contributed by atoms with van der Waals surface area (Å²) in [7, 11) is -3.71. The standard InChI is InChI=1S/C18H20N4O5S/c19-17(20)12-6-8-15(9-7-12)28(26,27)21-10-2-5-16(23)22-14-4-1-3-13(11-14)18(24)25/h1,3-4,6-9,11,21H,2,5,10H2,(H3,19,20)(H,22,23)(H,24,25)/p+1. The molecule has 0 fully saturated rings. The highest BCUT2D eigenvalue weighted by molar-refractivity contribution is 7.89. The van der Waals surface area contributed by atoms with E-state index < -0.39 is 16.0 Å². The second-order valence-electron chi connectivity index (χ2n) is 5.92. The third-order valence-corrected chi connectivity index (χ3v) is 5.24. The molecule has 0 aliphatic carbocycles. The minimum atomic E-state index is -3.71. The second-order valence-corrected chi connectivity index (χ2v) is 7.68. The molecular weight excluding hydrogens is 384 g/mol. The zero-order chi connectivity index (χ0) is 20.7. The topological polar surface area (TPSA) is 164 Å². The van der Waals surface area contributed by atoms with Gasteiger partial charge in [-0.15, -0.1) is 0 Å². The zero-order valence-electron chi connectivity index (χ0n) is 14.9. The van der Waals surface area contributed by atoms with Gasteiger partial charge in [0.15, 0.2) is 0 Å². The summed E-state index contributed by atoms with van der Waals surface area (Å²) >= 11 is 0. The number of amides is 1. The molecule has 0 spiro atoms. The monoisotopic (exact) mass is 405 g/mol. The van der Waals surface area contributed by atoms with Gasteiger partial charge >= 0.3 is 5.97 Å². The normalized spacial score (nSPS) is 11.0. The predicted molar refractivity (Wildman–Crippen MR) is 103 cm³/mol. The van der Waals surface area contributed by atoms with Crippen LogP contribution in [-0.2, 0) is 14.8 Å². The number of nitrogens with one attached hydrogen (secondary N) is 2. The third kappa shape index (κ3) is 5.89. The van der Waals surface area contributed by atoms with Crippen molar-refractivity contribution >= 4 is 33.4 Å². The maximum Gasteiger partial charge on any atom is 0.335 e. The predicted octanol–water partition coefficient (Wildman–Crippen LogP) is -0.454. The lowest BCUT2D eigenvalue weighted by Gasteiger charge is -2.08. The largest absolute Gasteiger partial charge is 0.478 e. The lowest BCUT2D eigenvalue weighted by Crippen LogP contribution is -2.46. The van der Waals surface area contributed by atoms with Crippen LogP contribution in [0, 0.1) is 0 Å². The fraction of sp³-hybridized carbons (Fsp3) is 0.167. The van der Waals surface area contributed by atoms with Crippen molar-refractivity contribution in [3.05, 3.63) is 59.7 Å². The lowest BCUT2D eigenvalue weighted by atomic mass is 10.2. The maximum atomic E-state index is 12.2. The molecule has 0 bridgehead atoms. The van der Waals surface area contributed by atoms with E-state index in [0.29, 0.717) is 11.3 Å². The highest BCUT2D eigenvalue weighted by atomic mass is 32.2. The van der Waals surface area contributed by atoms with Crippen LogP contribution < -0.4 is 21.2 Å². The number of rotatable bonds is 9. The van der Waals surface area contributed by atoms with E-state index in [1.54, 1.807) is 6.07 Å². The second kappa shape index (κ2) is 9.11. The average Bonchev–Trinajstić information content (AvgIpc) is 2.65. The van der Waals surface area contributed by atoms with E-state index in [9.17, 15) is 18.0 Å². The van der Waals surface area contributed by atoms with Crippen molar-refractivity contribution in [2.75, 3.05) is 11.9 Å². The molecule has 0 aliphatic rings. The van der Waals surface area contributed by atoms with Crippen LogP contribution in [0.1, 0.15) is 28.8 Å². The Kier molecular flexibility index (Phi) is 6.85. The fourth-order valence-electron chi connectivity index (χ4n) is 2.32. The van der Waals surface area contributed by atoms with E-state index in [4.69, 9.17) is 16.2 Å². The Bertz CT molecular complexity index is 987. The number of hydrogen-bond donors (Lipinski definition) is 5. The summed E-state index contributed by atoms with van der Waals surface area (Å²) in [6.45, 7) is 0.0673. The molecule has 2 rings (SSSR count). The van der Waals surface area contributed by atoms with Crippen molar-refractivity contribution in [1.29, 1.82) is 0 Å². The minimum absolute atomic E-state index is 0.0607. The van der Waals surface area contributed by atoms with Crippen molar-refractivity contribution in [3.8, 4) is 0 Å². The van der Waals surface area contributed by atoms with Crippen molar-refractivity contribution in [2.45, 2.75) is 17.7 Å². The van der Waals surface area contributed by atoms with E-state index in [1.165, 1.54) is 42.5 Å². The van der Waals surface area contributed by atoms with Crippen LogP contribution in [-0.4, -0.2) is 37.8 Å². The van der Waals surface area contributed by atoms with Gasteiger partial charge in [-0.2, -0.15) is 0 Å². The zero-order valence-corrected chi connectivity index (χ0v) is 15.7. The van der Waals surface area contributed by atoms with E-state index in [-0.39, 0.29) is 41.6 Å². The molecule has 2 aromatic carbocycles. The van der Waals surface area contributed by atoms with Crippen LogP contribution in [0.25, 0.3) is 0 Å². The molecule has 0 heterocycles. The molecule has 0 unspecified atom stereocenters. The van der Waals surface area contributed by atoms with Gasteiger partial charge in [-0.3, -0.25) is 15.9 Å². The molecule has 2 aromatic rings. The summed E-state index contributed by atoms with van der Waals surface area (Å²) in [4.78, 5) is 22.9. The van der Waals surface area contributed by atoms with E-state index in [0.717, 1.165) is 0 Å². The number of sulfonamides is 1. The van der Waals surface area contributed by atoms with Gasteiger partial charge in [-0.25, -0.2) is 17.9 Å². The van der Waals surface area contributed by atoms with E-state index >= 15 is 0 Å². The molecule has 28 heavy (non-hydrogen) atoms. The van der Waals surface area contributed by atoms with Crippen molar-refractivity contribution in [1.82, 2.24) is 4.72 Å². The number of aromatic carboxylic acids is 1. The number of hydrogen-bond acceptors (Lipinski definition) is 4. The quantitative estimate of drug-likeness (QED) is 0.215. The van der Waals surface area contributed by atoms with Gasteiger partial charge < -0.3 is 10.4 Å². The number of anilines is 1. The minimum Gasteiger partial charge on any atom is -0.478 e. The van der Waals surface area contributed by atoms with Crippen molar-refractivity contribution < 1.29 is 28.5 Å². The number of amidine groups is 1. The molecule has 7 N–H and O–H groups in total. The van der Waals surface area contributed by atoms with Crippen LogP contribution in [0.5, 0.6) is 0 Å². The summed E-state index contributed by atoms with van der Waals surface area (Å²) in [5.74, 6) is -1.34. The van der Waals surface area contributed by atoms with Crippen LogP contribution in [0.4, 0.5) is 5.69 Å². The summed E-state index contributed by atoms with van der Waals surface area (Å²) in [6, 6.07) is 11.6. The van der Waals surface area contributed by atoms with Crippen molar-refractivity contribution in [3.63, 3.8) is 0 Å². The van der Waals surface area contributed by atoms with E-state index in [2.05, 4.69) is 10.0 Å². The fourth-order valence-corrected chi connectivity index (χ4v) is 3.39. The molecule has 9 nitrogen and oxygen atoms in total. The number of carboxylic acid groups (broad SMARTS) is 1. The molecule has 10 heteroatoms. The first-order valence-corrected chi connectivity index (χ1v) is 9.78. The van der Waals surface area contributed by atoms with Crippen LogP contribution >= 0.6 is 0 Å². The van der Waals surface area contributed by atoms with Gasteiger partial charge in [0, 0.05) is 18.7 Å². The Labute approximate surface area is 162 Å². The Morgan fingerprint density at radius 3 is 2.36 bits per heavy atom. The summed E-state index contributed by atoms with van der Waals surface area (Å²) in [5.41, 5.74) is 6.39. The first-order chi connectivity index (χ1) is 13.2. The molecule has 0 aliphatic heterocycles. The van der Waals surface area contributed by atoms with Gasteiger partial charge in [0.05, 0.1) is 16.0 Å². The summed E-state index contributed by atoms with van der Waals surface area (Å²) in [6.07, 6.45) is 0.336. The lowest BCUT2D eigenvalue weighted by molar-refractivity contribution is -0.116. The van der Waals surface area contributed by atoms with Gasteiger partial charge in [0.25, 0.3) is 5.84 Å². The molecule has 0 saturated heterocycles. The summed E-state index contributed by atoms with van der Waals surface area (Å²) < 4.78 is 26.8. The van der Waals surface area contributed by atoms with Gasteiger partial charge in [-0.1, -0.05) is 6.07 Å². The number of nitrogens with two attached hydrogens (primary N) is 2. The molecule has 0 atom stereocenters. The molecule has 0 radical (unpaired) electrons. The SMILES string of the molecule is NC(=[NH2+])c1ccc(S(=O)(=O)NCCCC(=O)Nc2cccc(C(=O)O)c2)cc1. The smallest absolute Gasteiger partial charge is 0.335 e. The first kappa shape index (κ1) is 21.1. The highest BCUT2D eigenvalue weighted by Gasteiger charge is 2.14. The molecule has 0 saturated carbocycles. The third-order valence-electron chi connectivity index (χ3n) is 3.76. The van der Waals surface area contributed by atoms with Crippen LogP contribution in [0.3, 0.4) is 0 Å². The van der Waals surface area contributed by atoms with Gasteiger partial charge in [-0.05, 0) is 48.9 Å². The molecular formula is C18H21N4O5S+. The van der Waals surface area contributed by atoms with Crippen molar-refractivity contribution in [2.24, 2.45) is 5.73 Å². The average molecular weight is 405 g/mol. The molecule has 0 aromatic heterocycles. The van der Waals surface area contributed by atoms with E-state index in [1.807, 2.05) is 0 Å². The number of carbonyl (C=O) groups is 2. The highest BCUT2D eigenvalue weighted by Crippen LogP contribution is 2.12. The van der Waals surface area contributed by atoms with Gasteiger partial charge in [0.1, 0.15) is 0 Å².